The molecule has 5 rings (SSSR count). The second-order valence-electron chi connectivity index (χ2n) is 8.27. The molecule has 4 heterocycles. The summed E-state index contributed by atoms with van der Waals surface area (Å²) in [6, 6.07) is 9.56. The maximum Gasteiger partial charge on any atom is 0.253 e. The van der Waals surface area contributed by atoms with Crippen molar-refractivity contribution >= 4 is 65.6 Å². The molecule has 1 unspecified atom stereocenters. The number of carbonyl (C=O) groups is 1. The molecule has 12 heteroatoms. The normalized spacial score (nSPS) is 16.8. The number of pyridine rings is 1. The van der Waals surface area contributed by atoms with Gasteiger partial charge in [0.05, 0.1) is 23.4 Å². The standard InChI is InChI=1S/C24H23ClN4O4S3/c1-33-19-10-9-17(25)22-21(19)27-24(35-22)28(15-16-6-4-11-26-14-16)23(30)18-7-2-3-12-29(18)36(31,32)20-8-5-13-34-20/h4-6,8-11,13-14,18H,2-3,7,12,15H2,1H3. The van der Waals surface area contributed by atoms with Crippen LogP contribution < -0.4 is 9.64 Å². The van der Waals surface area contributed by atoms with Crippen LogP contribution in [-0.2, 0) is 21.4 Å². The molecule has 188 valence electrons. The van der Waals surface area contributed by atoms with Crippen LogP contribution in [0.1, 0.15) is 24.8 Å². The molecule has 1 fully saturated rings. The number of rotatable bonds is 7. The molecule has 1 amide bonds. The van der Waals surface area contributed by atoms with Crippen molar-refractivity contribution in [2.24, 2.45) is 0 Å². The quantitative estimate of drug-likeness (QED) is 0.308. The fourth-order valence-electron chi connectivity index (χ4n) is 4.28. The molecule has 3 aromatic heterocycles. The predicted molar refractivity (Wildman–Crippen MR) is 142 cm³/mol. The smallest absolute Gasteiger partial charge is 0.253 e. The summed E-state index contributed by atoms with van der Waals surface area (Å²) in [5.41, 5.74) is 1.35. The van der Waals surface area contributed by atoms with Gasteiger partial charge in [0, 0.05) is 18.9 Å². The molecule has 0 radical (unpaired) electrons. The summed E-state index contributed by atoms with van der Waals surface area (Å²) in [5.74, 6) is 0.220. The van der Waals surface area contributed by atoms with Crippen molar-refractivity contribution in [3.63, 3.8) is 0 Å². The summed E-state index contributed by atoms with van der Waals surface area (Å²) in [6.07, 6.45) is 5.23. The van der Waals surface area contributed by atoms with E-state index in [0.29, 0.717) is 39.0 Å². The third-order valence-electron chi connectivity index (χ3n) is 6.02. The lowest BCUT2D eigenvalue weighted by atomic mass is 10.0. The number of sulfonamides is 1. The van der Waals surface area contributed by atoms with Crippen LogP contribution in [0.25, 0.3) is 10.2 Å². The van der Waals surface area contributed by atoms with Gasteiger partial charge in [-0.2, -0.15) is 4.31 Å². The van der Waals surface area contributed by atoms with Gasteiger partial charge in [0.2, 0.25) is 5.91 Å². The number of hydrogen-bond acceptors (Lipinski definition) is 8. The number of carbonyl (C=O) groups excluding carboxylic acids is 1. The van der Waals surface area contributed by atoms with E-state index in [1.165, 1.54) is 15.6 Å². The molecule has 36 heavy (non-hydrogen) atoms. The van der Waals surface area contributed by atoms with E-state index in [9.17, 15) is 13.2 Å². The van der Waals surface area contributed by atoms with Gasteiger partial charge in [-0.25, -0.2) is 13.4 Å². The highest BCUT2D eigenvalue weighted by Crippen LogP contribution is 2.40. The number of piperidine rings is 1. The van der Waals surface area contributed by atoms with Gasteiger partial charge in [-0.3, -0.25) is 14.7 Å². The monoisotopic (exact) mass is 562 g/mol. The Kier molecular flexibility index (Phi) is 7.27. The number of methoxy groups -OCH3 is 1. The molecule has 1 saturated heterocycles. The average Bonchev–Trinajstić information content (AvgIpc) is 3.60. The van der Waals surface area contributed by atoms with Gasteiger partial charge in [-0.15, -0.1) is 11.3 Å². The first-order chi connectivity index (χ1) is 17.4. The number of nitrogens with zero attached hydrogens (tertiary/aromatic N) is 4. The highest BCUT2D eigenvalue weighted by molar-refractivity contribution is 7.91. The minimum absolute atomic E-state index is 0.190. The fourth-order valence-corrected chi connectivity index (χ4v) is 8.31. The van der Waals surface area contributed by atoms with Crippen LogP contribution in [0.3, 0.4) is 0 Å². The first-order valence-corrected chi connectivity index (χ1v) is 14.8. The Morgan fingerprint density at radius 3 is 2.83 bits per heavy atom. The number of amides is 1. The van der Waals surface area contributed by atoms with Crippen LogP contribution in [0.5, 0.6) is 5.75 Å². The highest BCUT2D eigenvalue weighted by Gasteiger charge is 2.41. The van der Waals surface area contributed by atoms with Crippen LogP contribution in [0, 0.1) is 0 Å². The van der Waals surface area contributed by atoms with Gasteiger partial charge in [0.25, 0.3) is 10.0 Å². The van der Waals surface area contributed by atoms with Crippen LogP contribution in [-0.4, -0.2) is 48.3 Å². The summed E-state index contributed by atoms with van der Waals surface area (Å²) in [6.45, 7) is 0.479. The summed E-state index contributed by atoms with van der Waals surface area (Å²) in [5, 5.41) is 2.65. The van der Waals surface area contributed by atoms with E-state index in [-0.39, 0.29) is 23.2 Å². The van der Waals surface area contributed by atoms with E-state index >= 15 is 0 Å². The number of benzene rings is 1. The molecule has 0 spiro atoms. The lowest BCUT2D eigenvalue weighted by Gasteiger charge is -2.35. The summed E-state index contributed by atoms with van der Waals surface area (Å²) in [4.78, 5) is 24.6. The number of thiazole rings is 1. The van der Waals surface area contributed by atoms with Crippen molar-refractivity contribution < 1.29 is 17.9 Å². The third kappa shape index (κ3) is 4.73. The molecule has 0 aliphatic carbocycles. The Labute approximate surface area is 222 Å². The van der Waals surface area contributed by atoms with Crippen molar-refractivity contribution in [1.82, 2.24) is 14.3 Å². The van der Waals surface area contributed by atoms with Gasteiger partial charge in [-0.1, -0.05) is 41.5 Å². The number of ether oxygens (including phenoxy) is 1. The lowest BCUT2D eigenvalue weighted by molar-refractivity contribution is -0.123. The molecule has 0 bridgehead atoms. The van der Waals surface area contributed by atoms with Crippen molar-refractivity contribution in [2.45, 2.75) is 36.1 Å². The lowest BCUT2D eigenvalue weighted by Crippen LogP contribution is -2.52. The van der Waals surface area contributed by atoms with E-state index in [1.54, 1.807) is 60.1 Å². The highest BCUT2D eigenvalue weighted by atomic mass is 35.5. The molecule has 1 aromatic carbocycles. The Morgan fingerprint density at radius 1 is 1.25 bits per heavy atom. The molecule has 1 atom stereocenters. The Hall–Kier alpha value is -2.57. The van der Waals surface area contributed by atoms with E-state index < -0.39 is 16.1 Å². The second-order valence-corrected chi connectivity index (χ2v) is 12.7. The summed E-state index contributed by atoms with van der Waals surface area (Å²) < 4.78 is 34.7. The van der Waals surface area contributed by atoms with Crippen LogP contribution >= 0.6 is 34.3 Å². The number of anilines is 1. The Bertz CT molecular complexity index is 1480. The number of fused-ring (bicyclic) bond motifs is 1. The number of hydrogen-bond donors (Lipinski definition) is 0. The van der Waals surface area contributed by atoms with E-state index in [1.807, 2.05) is 6.07 Å². The third-order valence-corrected chi connectivity index (χ3v) is 10.8. The van der Waals surface area contributed by atoms with Crippen LogP contribution in [0.15, 0.2) is 58.4 Å². The number of halogens is 1. The van der Waals surface area contributed by atoms with E-state index in [4.69, 9.17) is 21.3 Å². The summed E-state index contributed by atoms with van der Waals surface area (Å²) in [7, 11) is -2.26. The molecule has 0 N–H and O–H groups in total. The van der Waals surface area contributed by atoms with E-state index in [2.05, 4.69) is 4.98 Å². The topological polar surface area (TPSA) is 92.7 Å². The number of thiophene rings is 1. The number of aromatic nitrogens is 2. The van der Waals surface area contributed by atoms with Gasteiger partial charge in [0.15, 0.2) is 5.13 Å². The van der Waals surface area contributed by atoms with E-state index in [0.717, 1.165) is 23.3 Å². The van der Waals surface area contributed by atoms with Crippen molar-refractivity contribution in [3.05, 3.63) is 64.8 Å². The molecule has 1 aliphatic rings. The maximum atomic E-state index is 14.2. The molecule has 4 aromatic rings. The minimum Gasteiger partial charge on any atom is -0.494 e. The van der Waals surface area contributed by atoms with Gasteiger partial charge in [-0.05, 0) is 48.1 Å². The molecular formula is C24H23ClN4O4S3. The van der Waals surface area contributed by atoms with Crippen molar-refractivity contribution in [2.75, 3.05) is 18.6 Å². The van der Waals surface area contributed by atoms with Gasteiger partial charge in [0.1, 0.15) is 21.5 Å². The molecule has 0 saturated carbocycles. The zero-order valence-corrected chi connectivity index (χ0v) is 22.5. The first kappa shape index (κ1) is 25.1. The Morgan fingerprint density at radius 2 is 2.11 bits per heavy atom. The Balaban J connectivity index is 1.58. The van der Waals surface area contributed by atoms with Crippen LogP contribution in [0.4, 0.5) is 5.13 Å². The SMILES string of the molecule is COc1ccc(Cl)c2sc(N(Cc3cccnc3)C(=O)C3CCCCN3S(=O)(=O)c3cccs3)nc12. The molecule has 1 aliphatic heterocycles. The molecule has 8 nitrogen and oxygen atoms in total. The van der Waals surface area contributed by atoms with Gasteiger partial charge < -0.3 is 4.74 Å². The van der Waals surface area contributed by atoms with Gasteiger partial charge >= 0.3 is 0 Å². The zero-order chi connectivity index (χ0) is 25.3. The largest absolute Gasteiger partial charge is 0.494 e. The minimum atomic E-state index is -3.81. The van der Waals surface area contributed by atoms with Crippen molar-refractivity contribution in [3.8, 4) is 5.75 Å². The molecular weight excluding hydrogens is 540 g/mol. The maximum absolute atomic E-state index is 14.2. The second kappa shape index (κ2) is 10.4. The summed E-state index contributed by atoms with van der Waals surface area (Å²) >= 11 is 8.87. The van der Waals surface area contributed by atoms with Crippen molar-refractivity contribution in [1.29, 1.82) is 0 Å². The average molecular weight is 563 g/mol. The predicted octanol–water partition coefficient (Wildman–Crippen LogP) is 5.19. The first-order valence-electron chi connectivity index (χ1n) is 11.3. The zero-order valence-electron chi connectivity index (χ0n) is 19.3. The fraction of sp³-hybridized carbons (Fsp3) is 0.292. The van der Waals surface area contributed by atoms with Crippen LogP contribution in [0.2, 0.25) is 5.02 Å².